The van der Waals surface area contributed by atoms with Crippen LogP contribution in [0.4, 0.5) is 0 Å². The van der Waals surface area contributed by atoms with E-state index in [2.05, 4.69) is 64.0 Å². The van der Waals surface area contributed by atoms with Crippen LogP contribution in [0.25, 0.3) is 0 Å². The van der Waals surface area contributed by atoms with Crippen LogP contribution in [0.15, 0.2) is 14.3 Å². The highest BCUT2D eigenvalue weighted by atomic mass is 79.9. The Hall–Kier alpha value is 0.580. The van der Waals surface area contributed by atoms with Crippen molar-refractivity contribution in [2.45, 2.75) is 32.9 Å². The van der Waals surface area contributed by atoms with Crippen LogP contribution in [-0.4, -0.2) is 19.3 Å². The van der Waals surface area contributed by atoms with E-state index in [0.29, 0.717) is 6.61 Å². The summed E-state index contributed by atoms with van der Waals surface area (Å²) in [6.45, 7) is 7.89. The summed E-state index contributed by atoms with van der Waals surface area (Å²) in [7, 11) is 0. The fourth-order valence-corrected chi connectivity index (χ4v) is 3.46. The van der Waals surface area contributed by atoms with Gasteiger partial charge in [-0.3, -0.25) is 0 Å². The third-order valence-electron chi connectivity index (χ3n) is 2.05. The predicted molar refractivity (Wildman–Crippen MR) is 77.2 cm³/mol. The lowest BCUT2D eigenvalue weighted by molar-refractivity contribution is 0.0621. The van der Waals surface area contributed by atoms with E-state index in [1.54, 1.807) is 11.3 Å². The molecule has 0 bridgehead atoms. The molecular formula is C11H17Br2NOS. The Morgan fingerprint density at radius 3 is 2.56 bits per heavy atom. The Kier molecular flexibility index (Phi) is 6.51. The molecule has 0 saturated carbocycles. The average Bonchev–Trinajstić information content (AvgIpc) is 2.53. The second-order valence-corrected chi connectivity index (χ2v) is 7.02. The molecule has 1 aromatic rings. The molecule has 5 heteroatoms. The van der Waals surface area contributed by atoms with Gasteiger partial charge in [-0.1, -0.05) is 6.92 Å². The summed E-state index contributed by atoms with van der Waals surface area (Å²) < 4.78 is 7.92. The summed E-state index contributed by atoms with van der Waals surface area (Å²) in [5, 5.41) is 3.44. The van der Waals surface area contributed by atoms with Crippen molar-refractivity contribution in [1.82, 2.24) is 5.32 Å². The van der Waals surface area contributed by atoms with Gasteiger partial charge in [-0.15, -0.1) is 11.3 Å². The molecule has 0 aromatic carbocycles. The Morgan fingerprint density at radius 2 is 2.12 bits per heavy atom. The molecule has 0 aliphatic heterocycles. The van der Waals surface area contributed by atoms with E-state index in [0.717, 1.165) is 14.8 Å². The number of likely N-dealkylation sites (N-methyl/N-ethyl adjacent to an activating group) is 1. The largest absolute Gasteiger partial charge is 0.377 e. The van der Waals surface area contributed by atoms with E-state index in [1.807, 2.05) is 0 Å². The summed E-state index contributed by atoms with van der Waals surface area (Å²) >= 11 is 8.77. The van der Waals surface area contributed by atoms with Crippen LogP contribution >= 0.6 is 43.2 Å². The molecule has 0 saturated heterocycles. The van der Waals surface area contributed by atoms with Crippen LogP contribution in [0.5, 0.6) is 0 Å². The van der Waals surface area contributed by atoms with Gasteiger partial charge in [-0.2, -0.15) is 0 Å². The molecule has 1 rings (SSSR count). The summed E-state index contributed by atoms with van der Waals surface area (Å²) in [5.74, 6) is 0. The Bertz CT molecular complexity index is 308. The highest BCUT2D eigenvalue weighted by Gasteiger charge is 2.15. The number of nitrogens with one attached hydrogen (secondary N) is 1. The highest BCUT2D eigenvalue weighted by molar-refractivity contribution is 9.13. The van der Waals surface area contributed by atoms with Crippen molar-refractivity contribution in [3.8, 4) is 0 Å². The monoisotopic (exact) mass is 369 g/mol. The zero-order valence-corrected chi connectivity index (χ0v) is 13.7. The Labute approximate surface area is 118 Å². The second kappa shape index (κ2) is 7.11. The zero-order valence-electron chi connectivity index (χ0n) is 9.72. The Morgan fingerprint density at radius 1 is 1.44 bits per heavy atom. The summed E-state index contributed by atoms with van der Waals surface area (Å²) in [6.07, 6.45) is 0.271. The van der Waals surface area contributed by atoms with Crippen molar-refractivity contribution >= 4 is 43.2 Å². The third kappa shape index (κ3) is 4.45. The maximum atomic E-state index is 5.67. The minimum atomic E-state index is 0.271. The molecular weight excluding hydrogens is 354 g/mol. The second-order valence-electron chi connectivity index (χ2n) is 3.76. The van der Waals surface area contributed by atoms with E-state index in [-0.39, 0.29) is 12.1 Å². The molecule has 1 N–H and O–H groups in total. The number of ether oxygens (including phenoxy) is 1. The molecule has 0 fully saturated rings. The molecule has 0 spiro atoms. The maximum Gasteiger partial charge on any atom is 0.0843 e. The summed E-state index contributed by atoms with van der Waals surface area (Å²) in [4.78, 5) is 1.29. The molecule has 1 unspecified atom stereocenters. The predicted octanol–water partition coefficient (Wildman–Crippen LogP) is 4.35. The first kappa shape index (κ1) is 14.6. The van der Waals surface area contributed by atoms with E-state index < -0.39 is 0 Å². The number of thiophene rings is 1. The van der Waals surface area contributed by atoms with Gasteiger partial charge in [0.25, 0.3) is 0 Å². The smallest absolute Gasteiger partial charge is 0.0843 e. The topological polar surface area (TPSA) is 21.3 Å². The van der Waals surface area contributed by atoms with Gasteiger partial charge in [0.2, 0.25) is 0 Å². The van der Waals surface area contributed by atoms with Crippen molar-refractivity contribution in [2.75, 3.05) is 13.2 Å². The number of hydrogen-bond acceptors (Lipinski definition) is 3. The zero-order chi connectivity index (χ0) is 12.1. The van der Waals surface area contributed by atoms with Crippen molar-refractivity contribution < 1.29 is 4.74 Å². The first-order valence-corrected chi connectivity index (χ1v) is 7.74. The first-order chi connectivity index (χ1) is 7.54. The minimum Gasteiger partial charge on any atom is -0.377 e. The average molecular weight is 371 g/mol. The van der Waals surface area contributed by atoms with Crippen molar-refractivity contribution in [3.63, 3.8) is 0 Å². The van der Waals surface area contributed by atoms with Gasteiger partial charge in [-0.25, -0.2) is 0 Å². The SMILES string of the molecule is CCNC(COC(C)C)c1cc(Br)c(Br)s1. The van der Waals surface area contributed by atoms with E-state index in [4.69, 9.17) is 4.74 Å². The maximum absolute atomic E-state index is 5.67. The normalized spacial score (nSPS) is 13.4. The minimum absolute atomic E-state index is 0.271. The lowest BCUT2D eigenvalue weighted by Crippen LogP contribution is -2.25. The van der Waals surface area contributed by atoms with Crippen LogP contribution in [0, 0.1) is 0 Å². The van der Waals surface area contributed by atoms with Gasteiger partial charge < -0.3 is 10.1 Å². The van der Waals surface area contributed by atoms with Crippen molar-refractivity contribution in [1.29, 1.82) is 0 Å². The van der Waals surface area contributed by atoms with Crippen molar-refractivity contribution in [2.24, 2.45) is 0 Å². The van der Waals surface area contributed by atoms with Gasteiger partial charge in [0.05, 0.1) is 22.5 Å². The molecule has 1 heterocycles. The van der Waals surface area contributed by atoms with Gasteiger partial charge in [0.1, 0.15) is 0 Å². The van der Waals surface area contributed by atoms with Crippen molar-refractivity contribution in [3.05, 3.63) is 19.2 Å². The molecule has 2 nitrogen and oxygen atoms in total. The molecule has 0 amide bonds. The summed E-state index contributed by atoms with van der Waals surface area (Å²) in [6, 6.07) is 2.42. The first-order valence-electron chi connectivity index (χ1n) is 5.34. The molecule has 0 radical (unpaired) electrons. The molecule has 1 atom stereocenters. The van der Waals surface area contributed by atoms with E-state index in [1.165, 1.54) is 4.88 Å². The fraction of sp³-hybridized carbons (Fsp3) is 0.636. The standard InChI is InChI=1S/C11H17Br2NOS/c1-4-14-9(6-15-7(2)3)10-5-8(12)11(13)16-10/h5,7,9,14H,4,6H2,1-3H3. The van der Waals surface area contributed by atoms with Gasteiger partial charge in [0, 0.05) is 9.35 Å². The van der Waals surface area contributed by atoms with Gasteiger partial charge in [0.15, 0.2) is 0 Å². The molecule has 0 aliphatic rings. The molecule has 0 aliphatic carbocycles. The van der Waals surface area contributed by atoms with Gasteiger partial charge in [-0.05, 0) is 58.3 Å². The van der Waals surface area contributed by atoms with Crippen LogP contribution in [0.1, 0.15) is 31.7 Å². The Balaban J connectivity index is 2.68. The fourth-order valence-electron chi connectivity index (χ4n) is 1.31. The number of rotatable bonds is 6. The molecule has 92 valence electrons. The quantitative estimate of drug-likeness (QED) is 0.803. The lowest BCUT2D eigenvalue weighted by atomic mass is 10.2. The number of halogens is 2. The third-order valence-corrected chi connectivity index (χ3v) is 5.42. The van der Waals surface area contributed by atoms with Crippen LogP contribution in [0.3, 0.4) is 0 Å². The van der Waals surface area contributed by atoms with Crippen LogP contribution < -0.4 is 5.32 Å². The molecule has 16 heavy (non-hydrogen) atoms. The summed E-state index contributed by atoms with van der Waals surface area (Å²) in [5.41, 5.74) is 0. The lowest BCUT2D eigenvalue weighted by Gasteiger charge is -2.18. The van der Waals surface area contributed by atoms with E-state index >= 15 is 0 Å². The highest BCUT2D eigenvalue weighted by Crippen LogP contribution is 2.35. The van der Waals surface area contributed by atoms with Gasteiger partial charge >= 0.3 is 0 Å². The number of hydrogen-bond donors (Lipinski definition) is 1. The van der Waals surface area contributed by atoms with E-state index in [9.17, 15) is 0 Å². The van der Waals surface area contributed by atoms with Crippen LogP contribution in [-0.2, 0) is 4.74 Å². The molecule has 1 aromatic heterocycles. The van der Waals surface area contributed by atoms with Crippen LogP contribution in [0.2, 0.25) is 0 Å².